The van der Waals surface area contributed by atoms with Crippen molar-refractivity contribution in [1.29, 1.82) is 0 Å². The van der Waals surface area contributed by atoms with Crippen molar-refractivity contribution in [2.75, 3.05) is 5.32 Å². The molecule has 2 aromatic rings. The number of anilines is 1. The van der Waals surface area contributed by atoms with Gasteiger partial charge in [-0.2, -0.15) is 0 Å². The number of urea groups is 1. The topological polar surface area (TPSA) is 122 Å². The summed E-state index contributed by atoms with van der Waals surface area (Å²) in [6, 6.07) is 5.92. The Morgan fingerprint density at radius 3 is 2.45 bits per heavy atom. The van der Waals surface area contributed by atoms with E-state index < -0.39 is 17.4 Å². The van der Waals surface area contributed by atoms with Gasteiger partial charge in [0.15, 0.2) is 0 Å². The maximum Gasteiger partial charge on any atom is 0.327 e. The van der Waals surface area contributed by atoms with Crippen LogP contribution < -0.4 is 20.7 Å². The number of ether oxygens (including phenoxy) is 1. The third-order valence-corrected chi connectivity index (χ3v) is 4.00. The molecule has 9 heteroatoms. The second-order valence-electron chi connectivity index (χ2n) is 7.76. The molecule has 3 N–H and O–H groups in total. The van der Waals surface area contributed by atoms with Crippen LogP contribution in [0.15, 0.2) is 36.7 Å². The monoisotopic (exact) mass is 397 g/mol. The highest BCUT2D eigenvalue weighted by Crippen LogP contribution is 2.23. The Morgan fingerprint density at radius 1 is 1.07 bits per heavy atom. The van der Waals surface area contributed by atoms with E-state index in [1.54, 1.807) is 45.0 Å². The standard InChI is InChI=1S/C20H23N5O4/c1-20(2,3)18(27)25-19(28)24-16-7-6-14(11-22-16)29-13-8-9-21-15(10-13)17(26)23-12-4-5-12/h6-12H,4-5H2,1-3H3,(H,23,26)(H2,22,24,25,27,28). The van der Waals surface area contributed by atoms with Crippen molar-refractivity contribution in [3.05, 3.63) is 42.4 Å². The predicted octanol–water partition coefficient (Wildman–Crippen LogP) is 2.86. The molecule has 3 rings (SSSR count). The average Bonchev–Trinajstić information content (AvgIpc) is 3.47. The molecule has 152 valence electrons. The largest absolute Gasteiger partial charge is 0.456 e. The van der Waals surface area contributed by atoms with E-state index in [1.165, 1.54) is 12.4 Å². The molecule has 1 fully saturated rings. The first kappa shape index (κ1) is 20.2. The van der Waals surface area contributed by atoms with Crippen LogP contribution in [0.3, 0.4) is 0 Å². The number of nitrogens with one attached hydrogen (secondary N) is 3. The zero-order valence-corrected chi connectivity index (χ0v) is 16.5. The van der Waals surface area contributed by atoms with Crippen LogP contribution in [0.1, 0.15) is 44.1 Å². The van der Waals surface area contributed by atoms with Gasteiger partial charge in [-0.1, -0.05) is 20.8 Å². The summed E-state index contributed by atoms with van der Waals surface area (Å²) in [5, 5.41) is 7.61. The molecule has 0 bridgehead atoms. The van der Waals surface area contributed by atoms with Crippen molar-refractivity contribution in [2.24, 2.45) is 5.41 Å². The lowest BCUT2D eigenvalue weighted by Crippen LogP contribution is -2.41. The van der Waals surface area contributed by atoms with Gasteiger partial charge < -0.3 is 10.1 Å². The van der Waals surface area contributed by atoms with Crippen LogP contribution in [0, 0.1) is 5.41 Å². The summed E-state index contributed by atoms with van der Waals surface area (Å²) in [5.74, 6) is 0.495. The fraction of sp³-hybridized carbons (Fsp3) is 0.350. The fourth-order valence-electron chi connectivity index (χ4n) is 2.17. The lowest BCUT2D eigenvalue weighted by molar-refractivity contribution is -0.127. The minimum Gasteiger partial charge on any atom is -0.456 e. The number of carbonyl (C=O) groups is 3. The average molecular weight is 397 g/mol. The predicted molar refractivity (Wildman–Crippen MR) is 106 cm³/mol. The normalized spacial score (nSPS) is 13.3. The van der Waals surface area contributed by atoms with E-state index >= 15 is 0 Å². The van der Waals surface area contributed by atoms with Gasteiger partial charge in [-0.15, -0.1) is 0 Å². The summed E-state index contributed by atoms with van der Waals surface area (Å²) in [7, 11) is 0. The highest BCUT2D eigenvalue weighted by Gasteiger charge is 2.24. The highest BCUT2D eigenvalue weighted by molar-refractivity contribution is 6.02. The van der Waals surface area contributed by atoms with Crippen LogP contribution in [-0.2, 0) is 4.79 Å². The molecule has 0 radical (unpaired) electrons. The third kappa shape index (κ3) is 6.00. The zero-order chi connectivity index (χ0) is 21.0. The Bertz CT molecular complexity index is 917. The van der Waals surface area contributed by atoms with Crippen molar-refractivity contribution in [2.45, 2.75) is 39.7 Å². The Morgan fingerprint density at radius 2 is 1.83 bits per heavy atom. The van der Waals surface area contributed by atoms with Gasteiger partial charge >= 0.3 is 6.03 Å². The van der Waals surface area contributed by atoms with Gasteiger partial charge in [-0.25, -0.2) is 9.78 Å². The van der Waals surface area contributed by atoms with Crippen LogP contribution in [0.4, 0.5) is 10.6 Å². The van der Waals surface area contributed by atoms with E-state index in [0.29, 0.717) is 11.5 Å². The van der Waals surface area contributed by atoms with Crippen molar-refractivity contribution in [3.8, 4) is 11.5 Å². The lowest BCUT2D eigenvalue weighted by atomic mass is 9.96. The molecule has 2 heterocycles. The molecule has 0 atom stereocenters. The van der Waals surface area contributed by atoms with E-state index in [1.807, 2.05) is 0 Å². The first-order chi connectivity index (χ1) is 13.7. The Kier molecular flexibility index (Phi) is 5.76. The first-order valence-electron chi connectivity index (χ1n) is 9.24. The lowest BCUT2D eigenvalue weighted by Gasteiger charge is -2.16. The van der Waals surface area contributed by atoms with Crippen molar-refractivity contribution in [3.63, 3.8) is 0 Å². The number of rotatable bonds is 5. The van der Waals surface area contributed by atoms with Crippen LogP contribution in [-0.4, -0.2) is 33.9 Å². The quantitative estimate of drug-likeness (QED) is 0.713. The van der Waals surface area contributed by atoms with E-state index in [4.69, 9.17) is 4.74 Å². The maximum absolute atomic E-state index is 12.1. The number of amides is 4. The number of imide groups is 1. The summed E-state index contributed by atoms with van der Waals surface area (Å²) < 4.78 is 5.69. The molecule has 1 saturated carbocycles. The van der Waals surface area contributed by atoms with Crippen molar-refractivity contribution >= 4 is 23.7 Å². The molecular formula is C20H23N5O4. The minimum absolute atomic E-state index is 0.230. The van der Waals surface area contributed by atoms with Crippen molar-refractivity contribution in [1.82, 2.24) is 20.6 Å². The fourth-order valence-corrected chi connectivity index (χ4v) is 2.17. The molecule has 0 aromatic carbocycles. The Hall–Kier alpha value is -3.49. The summed E-state index contributed by atoms with van der Waals surface area (Å²) in [6.45, 7) is 5.13. The summed E-state index contributed by atoms with van der Waals surface area (Å²) >= 11 is 0. The van der Waals surface area contributed by atoms with Crippen LogP contribution >= 0.6 is 0 Å². The van der Waals surface area contributed by atoms with E-state index in [9.17, 15) is 14.4 Å². The molecule has 4 amide bonds. The van der Waals surface area contributed by atoms with Gasteiger partial charge in [-0.05, 0) is 31.0 Å². The van der Waals surface area contributed by atoms with Gasteiger partial charge in [0.05, 0.1) is 6.20 Å². The number of aromatic nitrogens is 2. The molecule has 0 unspecified atom stereocenters. The summed E-state index contributed by atoms with van der Waals surface area (Å²) in [5.41, 5.74) is -0.401. The molecule has 29 heavy (non-hydrogen) atoms. The summed E-state index contributed by atoms with van der Waals surface area (Å²) in [6.07, 6.45) is 4.91. The SMILES string of the molecule is CC(C)(C)C(=O)NC(=O)Nc1ccc(Oc2ccnc(C(=O)NC3CC3)c2)cn1. The van der Waals surface area contributed by atoms with Crippen LogP contribution in [0.25, 0.3) is 0 Å². The van der Waals surface area contributed by atoms with Gasteiger partial charge in [0.1, 0.15) is 23.0 Å². The van der Waals surface area contributed by atoms with Gasteiger partial charge in [0, 0.05) is 23.7 Å². The second-order valence-corrected chi connectivity index (χ2v) is 7.76. The second kappa shape index (κ2) is 8.26. The molecule has 0 saturated heterocycles. The molecule has 9 nitrogen and oxygen atoms in total. The molecule has 0 aliphatic heterocycles. The van der Waals surface area contributed by atoms with E-state index in [-0.39, 0.29) is 23.5 Å². The number of carbonyl (C=O) groups excluding carboxylic acids is 3. The zero-order valence-electron chi connectivity index (χ0n) is 16.5. The van der Waals surface area contributed by atoms with Crippen LogP contribution in [0.5, 0.6) is 11.5 Å². The van der Waals surface area contributed by atoms with Gasteiger partial charge in [0.2, 0.25) is 5.91 Å². The number of pyridine rings is 2. The molecule has 1 aliphatic carbocycles. The number of hydrogen-bond acceptors (Lipinski definition) is 6. The molecule has 2 aromatic heterocycles. The van der Waals surface area contributed by atoms with Crippen LogP contribution in [0.2, 0.25) is 0 Å². The summed E-state index contributed by atoms with van der Waals surface area (Å²) in [4.78, 5) is 43.9. The third-order valence-electron chi connectivity index (χ3n) is 4.00. The molecular weight excluding hydrogens is 374 g/mol. The van der Waals surface area contributed by atoms with Crippen molar-refractivity contribution < 1.29 is 19.1 Å². The molecule has 0 spiro atoms. The van der Waals surface area contributed by atoms with Gasteiger partial charge in [-0.3, -0.25) is 25.2 Å². The highest BCUT2D eigenvalue weighted by atomic mass is 16.5. The van der Waals surface area contributed by atoms with E-state index in [0.717, 1.165) is 12.8 Å². The smallest absolute Gasteiger partial charge is 0.327 e. The minimum atomic E-state index is -0.679. The Balaban J connectivity index is 1.57. The number of hydrogen-bond donors (Lipinski definition) is 3. The first-order valence-corrected chi connectivity index (χ1v) is 9.24. The van der Waals surface area contributed by atoms with Gasteiger partial charge in [0.25, 0.3) is 5.91 Å². The maximum atomic E-state index is 12.1. The molecule has 1 aliphatic rings. The number of nitrogens with zero attached hydrogens (tertiary/aromatic N) is 2. The Labute approximate surface area is 168 Å². The van der Waals surface area contributed by atoms with E-state index in [2.05, 4.69) is 25.9 Å².